The number of piperidine rings is 1. The lowest BCUT2D eigenvalue weighted by Gasteiger charge is -2.32. The van der Waals surface area contributed by atoms with Gasteiger partial charge in [0.2, 0.25) is 0 Å². The molecule has 114 valence electrons. The largest absolute Gasteiger partial charge is 0.310 e. The van der Waals surface area contributed by atoms with Crippen LogP contribution in [0.1, 0.15) is 25.3 Å². The Balaban J connectivity index is 1.74. The van der Waals surface area contributed by atoms with Crippen LogP contribution in [0.4, 0.5) is 5.69 Å². The summed E-state index contributed by atoms with van der Waals surface area (Å²) in [5.41, 5.74) is 2.45. The number of nitrogens with one attached hydrogen (secondary N) is 1. The summed E-state index contributed by atoms with van der Waals surface area (Å²) in [7, 11) is 0. The van der Waals surface area contributed by atoms with Crippen LogP contribution in [0.25, 0.3) is 0 Å². The Labute approximate surface area is 125 Å². The maximum absolute atomic E-state index is 10.6. The van der Waals surface area contributed by atoms with Crippen LogP contribution in [-0.4, -0.2) is 35.5 Å². The third kappa shape index (κ3) is 4.95. The molecule has 0 unspecified atom stereocenters. The van der Waals surface area contributed by atoms with Crippen molar-refractivity contribution in [2.24, 2.45) is 0 Å². The van der Waals surface area contributed by atoms with Crippen LogP contribution in [0.2, 0.25) is 0 Å². The van der Waals surface area contributed by atoms with Crippen LogP contribution in [0.15, 0.2) is 36.4 Å². The minimum atomic E-state index is -0.367. The Morgan fingerprint density at radius 2 is 2.00 bits per heavy atom. The van der Waals surface area contributed by atoms with Gasteiger partial charge in [-0.3, -0.25) is 15.0 Å². The molecule has 1 saturated heterocycles. The highest BCUT2D eigenvalue weighted by molar-refractivity contribution is 5.32. The lowest BCUT2D eigenvalue weighted by Crippen LogP contribution is -2.42. The Morgan fingerprint density at radius 3 is 2.52 bits per heavy atom. The quantitative estimate of drug-likeness (QED) is 0.497. The normalized spacial score (nSPS) is 16.8. The van der Waals surface area contributed by atoms with E-state index < -0.39 is 0 Å². The average molecular weight is 289 g/mol. The van der Waals surface area contributed by atoms with Crippen molar-refractivity contribution in [3.8, 4) is 0 Å². The molecule has 0 spiro atoms. The average Bonchev–Trinajstić information content (AvgIpc) is 2.46. The van der Waals surface area contributed by atoms with Crippen LogP contribution < -0.4 is 5.32 Å². The summed E-state index contributed by atoms with van der Waals surface area (Å²) < 4.78 is 0. The van der Waals surface area contributed by atoms with E-state index in [4.69, 9.17) is 0 Å². The number of nitro groups is 1. The molecule has 1 heterocycles. The molecule has 0 saturated carbocycles. The minimum absolute atomic E-state index is 0.145. The van der Waals surface area contributed by atoms with Gasteiger partial charge in [-0.1, -0.05) is 24.3 Å². The predicted molar refractivity (Wildman–Crippen MR) is 84.2 cm³/mol. The van der Waals surface area contributed by atoms with Gasteiger partial charge in [0.1, 0.15) is 0 Å². The molecule has 1 aromatic rings. The Kier molecular flexibility index (Phi) is 5.47. The van der Waals surface area contributed by atoms with Crippen molar-refractivity contribution < 1.29 is 4.92 Å². The predicted octanol–water partition coefficient (Wildman–Crippen LogP) is 2.72. The van der Waals surface area contributed by atoms with E-state index in [0.717, 1.165) is 44.6 Å². The van der Waals surface area contributed by atoms with Crippen LogP contribution in [-0.2, 0) is 6.54 Å². The molecule has 5 heteroatoms. The second-order valence-electron chi connectivity index (χ2n) is 5.81. The first-order valence-corrected chi connectivity index (χ1v) is 7.38. The van der Waals surface area contributed by atoms with Crippen molar-refractivity contribution in [1.29, 1.82) is 0 Å². The first kappa shape index (κ1) is 15.7. The summed E-state index contributed by atoms with van der Waals surface area (Å²) in [6.45, 7) is 9.99. The van der Waals surface area contributed by atoms with Gasteiger partial charge in [-0.25, -0.2) is 0 Å². The summed E-state index contributed by atoms with van der Waals surface area (Å²) >= 11 is 0. The van der Waals surface area contributed by atoms with Gasteiger partial charge >= 0.3 is 0 Å². The number of nitro benzene ring substituents is 1. The van der Waals surface area contributed by atoms with Crippen molar-refractivity contribution in [2.45, 2.75) is 32.4 Å². The van der Waals surface area contributed by atoms with Gasteiger partial charge in [-0.2, -0.15) is 0 Å². The number of benzene rings is 1. The fraction of sp³-hybridized carbons (Fsp3) is 0.500. The van der Waals surface area contributed by atoms with E-state index in [2.05, 4.69) is 23.7 Å². The first-order chi connectivity index (χ1) is 10.0. The molecule has 21 heavy (non-hydrogen) atoms. The molecule has 0 radical (unpaired) electrons. The molecule has 0 bridgehead atoms. The van der Waals surface area contributed by atoms with Crippen molar-refractivity contribution in [3.63, 3.8) is 0 Å². The smallest absolute Gasteiger partial charge is 0.269 e. The molecule has 2 rings (SSSR count). The molecule has 1 aliphatic heterocycles. The van der Waals surface area contributed by atoms with E-state index in [9.17, 15) is 10.1 Å². The lowest BCUT2D eigenvalue weighted by molar-refractivity contribution is -0.384. The summed E-state index contributed by atoms with van der Waals surface area (Å²) in [5.74, 6) is 0. The second-order valence-corrected chi connectivity index (χ2v) is 5.81. The third-order valence-electron chi connectivity index (χ3n) is 3.82. The van der Waals surface area contributed by atoms with Crippen molar-refractivity contribution in [2.75, 3.05) is 19.6 Å². The first-order valence-electron chi connectivity index (χ1n) is 7.38. The van der Waals surface area contributed by atoms with E-state index in [0.29, 0.717) is 6.04 Å². The molecule has 0 atom stereocenters. The SMILES string of the molecule is C=C(C)CN1CCC(NCc2ccc([N+](=O)[O-])cc2)CC1. The van der Waals surface area contributed by atoms with Gasteiger partial charge in [-0.15, -0.1) is 0 Å². The van der Waals surface area contributed by atoms with Gasteiger partial charge in [0.05, 0.1) is 4.92 Å². The number of hydrogen-bond donors (Lipinski definition) is 1. The van der Waals surface area contributed by atoms with Crippen molar-refractivity contribution >= 4 is 5.69 Å². The fourth-order valence-electron chi connectivity index (χ4n) is 2.67. The van der Waals surface area contributed by atoms with Gasteiger partial charge in [0.25, 0.3) is 5.69 Å². The molecular formula is C16H23N3O2. The zero-order valence-electron chi connectivity index (χ0n) is 12.5. The molecule has 0 aromatic heterocycles. The molecule has 0 aliphatic carbocycles. The standard InChI is InChI=1S/C16H23N3O2/c1-13(2)12-18-9-7-15(8-10-18)17-11-14-3-5-16(6-4-14)19(20)21/h3-6,15,17H,1,7-12H2,2H3. The van der Waals surface area contributed by atoms with E-state index in [-0.39, 0.29) is 10.6 Å². The number of likely N-dealkylation sites (tertiary alicyclic amines) is 1. The summed E-state index contributed by atoms with van der Waals surface area (Å²) in [6.07, 6.45) is 2.28. The summed E-state index contributed by atoms with van der Waals surface area (Å²) in [5, 5.41) is 14.1. The van der Waals surface area contributed by atoms with Crippen molar-refractivity contribution in [1.82, 2.24) is 10.2 Å². The van der Waals surface area contributed by atoms with E-state index in [1.54, 1.807) is 12.1 Å². The molecule has 1 fully saturated rings. The highest BCUT2D eigenvalue weighted by Crippen LogP contribution is 2.14. The second kappa shape index (κ2) is 7.33. The third-order valence-corrected chi connectivity index (χ3v) is 3.82. The van der Waals surface area contributed by atoms with Crippen LogP contribution in [0.5, 0.6) is 0 Å². The lowest BCUT2D eigenvalue weighted by atomic mass is 10.0. The molecule has 1 aliphatic rings. The molecule has 0 amide bonds. The summed E-state index contributed by atoms with van der Waals surface area (Å²) in [4.78, 5) is 12.7. The highest BCUT2D eigenvalue weighted by atomic mass is 16.6. The monoisotopic (exact) mass is 289 g/mol. The zero-order chi connectivity index (χ0) is 15.2. The topological polar surface area (TPSA) is 58.4 Å². The van der Waals surface area contributed by atoms with E-state index >= 15 is 0 Å². The molecule has 1 N–H and O–H groups in total. The van der Waals surface area contributed by atoms with E-state index in [1.807, 2.05) is 12.1 Å². The zero-order valence-corrected chi connectivity index (χ0v) is 12.5. The Hall–Kier alpha value is -1.72. The maximum Gasteiger partial charge on any atom is 0.269 e. The van der Waals surface area contributed by atoms with Crippen LogP contribution in [0, 0.1) is 10.1 Å². The van der Waals surface area contributed by atoms with Gasteiger partial charge in [0, 0.05) is 31.3 Å². The van der Waals surface area contributed by atoms with E-state index in [1.165, 1.54) is 5.57 Å². The maximum atomic E-state index is 10.6. The number of non-ortho nitro benzene ring substituents is 1. The Morgan fingerprint density at radius 1 is 1.38 bits per heavy atom. The fourth-order valence-corrected chi connectivity index (χ4v) is 2.67. The molecule has 1 aromatic carbocycles. The van der Waals surface area contributed by atoms with Crippen LogP contribution in [0.3, 0.4) is 0 Å². The van der Waals surface area contributed by atoms with Gasteiger partial charge in [-0.05, 0) is 38.4 Å². The number of hydrogen-bond acceptors (Lipinski definition) is 4. The minimum Gasteiger partial charge on any atom is -0.310 e. The molecule has 5 nitrogen and oxygen atoms in total. The highest BCUT2D eigenvalue weighted by Gasteiger charge is 2.18. The molecular weight excluding hydrogens is 266 g/mol. The number of nitrogens with zero attached hydrogens (tertiary/aromatic N) is 2. The van der Waals surface area contributed by atoms with Gasteiger partial charge in [0.15, 0.2) is 0 Å². The van der Waals surface area contributed by atoms with Gasteiger partial charge < -0.3 is 5.32 Å². The number of rotatable bonds is 6. The Bertz CT molecular complexity index is 491. The summed E-state index contributed by atoms with van der Waals surface area (Å²) in [6, 6.07) is 7.29. The van der Waals surface area contributed by atoms with Crippen molar-refractivity contribution in [3.05, 3.63) is 52.1 Å². The van der Waals surface area contributed by atoms with Crippen LogP contribution >= 0.6 is 0 Å².